The second kappa shape index (κ2) is 7.88. The molecule has 0 fully saturated rings. The van der Waals surface area contributed by atoms with Crippen LogP contribution in [0, 0.1) is 5.92 Å². The lowest BCUT2D eigenvalue weighted by Gasteiger charge is -2.17. The minimum absolute atomic E-state index is 0.110. The number of anilines is 1. The predicted molar refractivity (Wildman–Crippen MR) is 120 cm³/mol. The van der Waals surface area contributed by atoms with Crippen molar-refractivity contribution in [2.24, 2.45) is 5.92 Å². The molecule has 4 aromatic rings. The second-order valence-corrected chi connectivity index (χ2v) is 9.55. The molecule has 0 bridgehead atoms. The molecule has 5 rings (SSSR count). The molecule has 1 N–H and O–H groups in total. The Hall–Kier alpha value is -2.65. The van der Waals surface area contributed by atoms with Crippen LogP contribution in [0.3, 0.4) is 0 Å². The van der Waals surface area contributed by atoms with Gasteiger partial charge in [0, 0.05) is 16.6 Å². The number of hydrogen-bond donors (Lipinski definition) is 1. The number of carbonyl (C=O) groups excluding carboxylic acids is 1. The van der Waals surface area contributed by atoms with E-state index < -0.39 is 0 Å². The Balaban J connectivity index is 1.36. The fourth-order valence-corrected chi connectivity index (χ4v) is 5.89. The van der Waals surface area contributed by atoms with Gasteiger partial charge in [-0.05, 0) is 42.9 Å². The van der Waals surface area contributed by atoms with E-state index in [0.29, 0.717) is 22.5 Å². The van der Waals surface area contributed by atoms with Crippen LogP contribution in [-0.2, 0) is 17.6 Å². The summed E-state index contributed by atoms with van der Waals surface area (Å²) in [6, 6.07) is 7.30. The SMILES string of the molecule is COc1cccc(NC(=O)CSc2nnc3c4c5c(sc4ncn23)C[C@H](C)CC5)c1. The zero-order chi connectivity index (χ0) is 20.7. The minimum atomic E-state index is -0.110. The van der Waals surface area contributed by atoms with Gasteiger partial charge in [0.2, 0.25) is 5.91 Å². The van der Waals surface area contributed by atoms with Crippen LogP contribution < -0.4 is 10.1 Å². The summed E-state index contributed by atoms with van der Waals surface area (Å²) in [5.41, 5.74) is 2.92. The number of aryl methyl sites for hydroxylation is 1. The molecule has 0 unspecified atom stereocenters. The maximum atomic E-state index is 12.4. The van der Waals surface area contributed by atoms with Gasteiger partial charge in [0.05, 0.1) is 18.2 Å². The quantitative estimate of drug-likeness (QED) is 0.469. The fraction of sp³-hybridized carbons (Fsp3) is 0.333. The van der Waals surface area contributed by atoms with Crippen molar-refractivity contribution in [2.45, 2.75) is 31.3 Å². The molecule has 154 valence electrons. The lowest BCUT2D eigenvalue weighted by atomic mass is 9.89. The lowest BCUT2D eigenvalue weighted by Crippen LogP contribution is -2.14. The van der Waals surface area contributed by atoms with Crippen molar-refractivity contribution in [3.05, 3.63) is 41.0 Å². The van der Waals surface area contributed by atoms with E-state index in [2.05, 4.69) is 27.4 Å². The molecule has 0 saturated carbocycles. The molecule has 1 aliphatic rings. The topological polar surface area (TPSA) is 81.4 Å². The Morgan fingerprint density at radius 1 is 1.40 bits per heavy atom. The Labute approximate surface area is 181 Å². The number of thioether (sulfide) groups is 1. The van der Waals surface area contributed by atoms with Crippen LogP contribution in [-0.4, -0.2) is 38.4 Å². The zero-order valence-corrected chi connectivity index (χ0v) is 18.3. The number of fused-ring (bicyclic) bond motifs is 5. The molecule has 9 heteroatoms. The van der Waals surface area contributed by atoms with Crippen molar-refractivity contribution in [1.29, 1.82) is 0 Å². The first-order valence-electron chi connectivity index (χ1n) is 9.83. The molecule has 3 heterocycles. The van der Waals surface area contributed by atoms with E-state index in [1.54, 1.807) is 30.8 Å². The normalized spacial score (nSPS) is 16.0. The van der Waals surface area contributed by atoms with E-state index in [1.807, 2.05) is 22.6 Å². The van der Waals surface area contributed by atoms with Crippen LogP contribution in [0.2, 0.25) is 0 Å². The summed E-state index contributed by atoms with van der Waals surface area (Å²) >= 11 is 3.13. The van der Waals surface area contributed by atoms with Crippen LogP contribution in [0.15, 0.2) is 35.7 Å². The van der Waals surface area contributed by atoms with Gasteiger partial charge in [-0.1, -0.05) is 24.8 Å². The molecule has 30 heavy (non-hydrogen) atoms. The molecule has 7 nitrogen and oxygen atoms in total. The summed E-state index contributed by atoms with van der Waals surface area (Å²) in [7, 11) is 1.60. The number of rotatable bonds is 5. The van der Waals surface area contributed by atoms with Gasteiger partial charge in [-0.2, -0.15) is 0 Å². The van der Waals surface area contributed by atoms with Gasteiger partial charge >= 0.3 is 0 Å². The molecule has 0 spiro atoms. The average Bonchev–Trinajstić information content (AvgIpc) is 3.32. The van der Waals surface area contributed by atoms with Crippen molar-refractivity contribution >= 4 is 50.6 Å². The monoisotopic (exact) mass is 439 g/mol. The first kappa shape index (κ1) is 19.3. The van der Waals surface area contributed by atoms with Crippen LogP contribution in [0.5, 0.6) is 5.75 Å². The van der Waals surface area contributed by atoms with Crippen molar-refractivity contribution in [3.63, 3.8) is 0 Å². The molecule has 0 aliphatic heterocycles. The number of nitrogens with zero attached hydrogens (tertiary/aromatic N) is 4. The van der Waals surface area contributed by atoms with E-state index in [-0.39, 0.29) is 11.7 Å². The summed E-state index contributed by atoms with van der Waals surface area (Å²) in [5.74, 6) is 1.54. The Bertz CT molecular complexity index is 1250. The summed E-state index contributed by atoms with van der Waals surface area (Å²) < 4.78 is 7.09. The molecule has 0 saturated heterocycles. The summed E-state index contributed by atoms with van der Waals surface area (Å²) in [6.45, 7) is 2.30. The number of nitrogens with one attached hydrogen (secondary N) is 1. The molecule has 1 atom stereocenters. The number of methoxy groups -OCH3 is 1. The van der Waals surface area contributed by atoms with E-state index in [1.165, 1.54) is 28.6 Å². The minimum Gasteiger partial charge on any atom is -0.497 e. The van der Waals surface area contributed by atoms with Crippen LogP contribution in [0.4, 0.5) is 5.69 Å². The molecule has 3 aromatic heterocycles. The van der Waals surface area contributed by atoms with Crippen molar-refractivity contribution < 1.29 is 9.53 Å². The highest BCUT2D eigenvalue weighted by Gasteiger charge is 2.24. The molecule has 1 amide bonds. The standard InChI is InChI=1S/C21H21N5O2S2/c1-12-6-7-15-16(8-12)30-20-18(15)19-24-25-21(26(19)11-22-20)29-10-17(27)23-13-4-3-5-14(9-13)28-2/h3-5,9,11-12H,6-8,10H2,1-2H3,(H,23,27)/t12-/m1/s1. The number of ether oxygens (including phenoxy) is 1. The van der Waals surface area contributed by atoms with Crippen molar-refractivity contribution in [1.82, 2.24) is 19.6 Å². The number of amides is 1. The van der Waals surface area contributed by atoms with Gasteiger partial charge in [0.15, 0.2) is 10.8 Å². The van der Waals surface area contributed by atoms with Gasteiger partial charge in [-0.15, -0.1) is 21.5 Å². The van der Waals surface area contributed by atoms with E-state index in [4.69, 9.17) is 4.74 Å². The number of hydrogen-bond acceptors (Lipinski definition) is 7. The number of carbonyl (C=O) groups is 1. The van der Waals surface area contributed by atoms with Crippen LogP contribution in [0.1, 0.15) is 23.8 Å². The summed E-state index contributed by atoms with van der Waals surface area (Å²) in [6.07, 6.45) is 5.14. The largest absolute Gasteiger partial charge is 0.497 e. The fourth-order valence-electron chi connectivity index (χ4n) is 3.85. The number of benzene rings is 1. The molecule has 0 radical (unpaired) electrons. The maximum Gasteiger partial charge on any atom is 0.234 e. The number of aromatic nitrogens is 4. The lowest BCUT2D eigenvalue weighted by molar-refractivity contribution is -0.113. The van der Waals surface area contributed by atoms with Gasteiger partial charge in [0.1, 0.15) is 16.9 Å². The van der Waals surface area contributed by atoms with E-state index in [0.717, 1.165) is 28.7 Å². The summed E-state index contributed by atoms with van der Waals surface area (Å²) in [4.78, 5) is 19.5. The van der Waals surface area contributed by atoms with Crippen LogP contribution in [0.25, 0.3) is 15.9 Å². The first-order valence-corrected chi connectivity index (χ1v) is 11.6. The average molecular weight is 440 g/mol. The molecular formula is C21H21N5O2S2. The highest BCUT2D eigenvalue weighted by molar-refractivity contribution is 7.99. The Kier molecular flexibility index (Phi) is 5.08. The van der Waals surface area contributed by atoms with E-state index in [9.17, 15) is 4.79 Å². The third-order valence-electron chi connectivity index (χ3n) is 5.36. The maximum absolute atomic E-state index is 12.4. The van der Waals surface area contributed by atoms with E-state index >= 15 is 0 Å². The van der Waals surface area contributed by atoms with Crippen LogP contribution >= 0.6 is 23.1 Å². The third kappa shape index (κ3) is 3.52. The van der Waals surface area contributed by atoms with Gasteiger partial charge in [-0.3, -0.25) is 9.20 Å². The smallest absolute Gasteiger partial charge is 0.234 e. The van der Waals surface area contributed by atoms with Gasteiger partial charge < -0.3 is 10.1 Å². The molecular weight excluding hydrogens is 418 g/mol. The Morgan fingerprint density at radius 2 is 2.30 bits per heavy atom. The van der Waals surface area contributed by atoms with Crippen molar-refractivity contribution in [2.75, 3.05) is 18.2 Å². The zero-order valence-electron chi connectivity index (χ0n) is 16.7. The second-order valence-electron chi connectivity index (χ2n) is 7.52. The highest BCUT2D eigenvalue weighted by Crippen LogP contribution is 2.39. The van der Waals surface area contributed by atoms with Crippen molar-refractivity contribution in [3.8, 4) is 5.75 Å². The third-order valence-corrected chi connectivity index (χ3v) is 7.46. The first-order chi connectivity index (χ1) is 14.6. The Morgan fingerprint density at radius 3 is 3.17 bits per heavy atom. The molecule has 1 aromatic carbocycles. The number of thiophene rings is 1. The van der Waals surface area contributed by atoms with Gasteiger partial charge in [-0.25, -0.2) is 4.98 Å². The van der Waals surface area contributed by atoms with Gasteiger partial charge in [0.25, 0.3) is 0 Å². The highest BCUT2D eigenvalue weighted by atomic mass is 32.2. The molecule has 1 aliphatic carbocycles. The predicted octanol–water partition coefficient (Wildman–Crippen LogP) is 4.20. The summed E-state index contributed by atoms with van der Waals surface area (Å²) in [5, 5.41) is 13.5.